The summed E-state index contributed by atoms with van der Waals surface area (Å²) in [6, 6.07) is 8.30. The molecule has 2 N–H and O–H groups in total. The Balaban J connectivity index is 1.63. The highest BCUT2D eigenvalue weighted by molar-refractivity contribution is 5.79. The number of H-pyrrole nitrogens is 1. The van der Waals surface area contributed by atoms with E-state index in [2.05, 4.69) is 32.6 Å². The molecule has 1 aromatic carbocycles. The van der Waals surface area contributed by atoms with Crippen LogP contribution in [0.2, 0.25) is 0 Å². The minimum absolute atomic E-state index is 0.0599. The van der Waals surface area contributed by atoms with E-state index in [0.717, 1.165) is 53.8 Å². The van der Waals surface area contributed by atoms with E-state index in [-0.39, 0.29) is 11.6 Å². The first-order chi connectivity index (χ1) is 14.7. The molecule has 0 bridgehead atoms. The molecule has 0 amide bonds. The van der Waals surface area contributed by atoms with Crippen LogP contribution in [0.5, 0.6) is 0 Å². The average Bonchev–Trinajstić information content (AvgIpc) is 3.25. The summed E-state index contributed by atoms with van der Waals surface area (Å²) in [6.45, 7) is 5.05. The van der Waals surface area contributed by atoms with Crippen molar-refractivity contribution in [1.82, 2.24) is 25.2 Å². The van der Waals surface area contributed by atoms with Gasteiger partial charge < -0.3 is 14.6 Å². The molecule has 1 atom stereocenters. The van der Waals surface area contributed by atoms with Gasteiger partial charge in [-0.1, -0.05) is 31.4 Å². The Kier molecular flexibility index (Phi) is 5.35. The Morgan fingerprint density at radius 1 is 1.17 bits per heavy atom. The lowest BCUT2D eigenvalue weighted by atomic mass is 9.95. The molecule has 30 heavy (non-hydrogen) atoms. The molecule has 158 valence electrons. The third kappa shape index (κ3) is 3.65. The molecule has 1 aliphatic heterocycles. The van der Waals surface area contributed by atoms with E-state index in [0.29, 0.717) is 19.3 Å². The van der Waals surface area contributed by atoms with Gasteiger partial charge in [0.1, 0.15) is 13.1 Å². The molecule has 2 aromatic heterocycles. The topological polar surface area (TPSA) is 90.1 Å². The maximum atomic E-state index is 13.2. The van der Waals surface area contributed by atoms with Crippen molar-refractivity contribution in [2.24, 2.45) is 0 Å². The molecule has 8 heteroatoms. The lowest BCUT2D eigenvalue weighted by Gasteiger charge is -2.32. The lowest BCUT2D eigenvalue weighted by Crippen LogP contribution is -3.14. The number of nitrogens with one attached hydrogen (secondary N) is 2. The predicted octanol–water partition coefficient (Wildman–Crippen LogP) is 1.33. The van der Waals surface area contributed by atoms with E-state index in [1.165, 1.54) is 24.2 Å². The van der Waals surface area contributed by atoms with Gasteiger partial charge in [-0.3, -0.25) is 4.79 Å². The highest BCUT2D eigenvalue weighted by Crippen LogP contribution is 2.30. The molecule has 0 unspecified atom stereocenters. The zero-order valence-electron chi connectivity index (χ0n) is 17.4. The van der Waals surface area contributed by atoms with Crippen LogP contribution in [-0.4, -0.2) is 51.5 Å². The fraction of sp³-hybridized carbons (Fsp3) is 0.545. The second-order valence-corrected chi connectivity index (χ2v) is 8.62. The summed E-state index contributed by atoms with van der Waals surface area (Å²) in [4.78, 5) is 17.6. The van der Waals surface area contributed by atoms with Crippen molar-refractivity contribution in [3.8, 4) is 0 Å². The van der Waals surface area contributed by atoms with Crippen LogP contribution in [-0.2, 0) is 4.74 Å². The van der Waals surface area contributed by atoms with Crippen LogP contribution < -0.4 is 10.5 Å². The SMILES string of the molecule is Cc1ccc2cc([C@H](c3nnnn3C3CCCCC3)[NH+]3CCOCC3)c(=O)[nH]c2c1. The number of morpholine rings is 1. The number of fused-ring (bicyclic) bond motifs is 1. The Labute approximate surface area is 175 Å². The summed E-state index contributed by atoms with van der Waals surface area (Å²) in [7, 11) is 0. The van der Waals surface area contributed by atoms with Gasteiger partial charge in [-0.05, 0) is 53.3 Å². The number of rotatable bonds is 4. The number of hydrogen-bond donors (Lipinski definition) is 2. The zero-order chi connectivity index (χ0) is 20.5. The first-order valence-corrected chi connectivity index (χ1v) is 11.0. The van der Waals surface area contributed by atoms with E-state index in [1.807, 2.05) is 23.7 Å². The molecule has 3 heterocycles. The highest BCUT2D eigenvalue weighted by Gasteiger charge is 2.36. The number of pyridine rings is 1. The number of hydrogen-bond acceptors (Lipinski definition) is 5. The van der Waals surface area contributed by atoms with E-state index in [4.69, 9.17) is 4.74 Å². The van der Waals surface area contributed by atoms with Crippen molar-refractivity contribution in [3.05, 3.63) is 51.6 Å². The third-order valence-corrected chi connectivity index (χ3v) is 6.58. The summed E-state index contributed by atoms with van der Waals surface area (Å²) < 4.78 is 7.60. The first kappa shape index (κ1) is 19.4. The smallest absolute Gasteiger partial charge is 0.258 e. The van der Waals surface area contributed by atoms with Gasteiger partial charge in [0, 0.05) is 5.52 Å². The molecule has 2 fully saturated rings. The van der Waals surface area contributed by atoms with Crippen LogP contribution in [0.15, 0.2) is 29.1 Å². The van der Waals surface area contributed by atoms with Crippen LogP contribution in [0.4, 0.5) is 0 Å². The Bertz CT molecular complexity index is 1080. The van der Waals surface area contributed by atoms with E-state index in [9.17, 15) is 4.79 Å². The highest BCUT2D eigenvalue weighted by atomic mass is 16.5. The van der Waals surface area contributed by atoms with Crippen LogP contribution in [0, 0.1) is 6.92 Å². The van der Waals surface area contributed by atoms with Crippen LogP contribution in [0.1, 0.15) is 61.1 Å². The predicted molar refractivity (Wildman–Crippen MR) is 113 cm³/mol. The molecule has 0 spiro atoms. The molecule has 1 saturated heterocycles. The normalized spacial score (nSPS) is 19.9. The zero-order valence-corrected chi connectivity index (χ0v) is 17.4. The fourth-order valence-electron chi connectivity index (χ4n) is 4.99. The second kappa shape index (κ2) is 8.28. The molecule has 8 nitrogen and oxygen atoms in total. The number of ether oxygens (including phenoxy) is 1. The number of aromatic nitrogens is 5. The summed E-state index contributed by atoms with van der Waals surface area (Å²) in [5.74, 6) is 0.802. The molecule has 1 aliphatic carbocycles. The van der Waals surface area contributed by atoms with E-state index < -0.39 is 0 Å². The molecular weight excluding hydrogens is 380 g/mol. The van der Waals surface area contributed by atoms with E-state index in [1.54, 1.807) is 0 Å². The summed E-state index contributed by atoms with van der Waals surface area (Å²) >= 11 is 0. The van der Waals surface area contributed by atoms with Gasteiger partial charge in [0.05, 0.1) is 24.8 Å². The number of nitrogens with zero attached hydrogens (tertiary/aromatic N) is 4. The van der Waals surface area contributed by atoms with Crippen molar-refractivity contribution < 1.29 is 9.64 Å². The minimum atomic E-state index is -0.208. The lowest BCUT2D eigenvalue weighted by molar-refractivity contribution is -0.933. The van der Waals surface area contributed by atoms with Crippen LogP contribution >= 0.6 is 0 Å². The Hall–Kier alpha value is -2.58. The van der Waals surface area contributed by atoms with Crippen LogP contribution in [0.3, 0.4) is 0 Å². The van der Waals surface area contributed by atoms with Gasteiger partial charge in [-0.25, -0.2) is 4.68 Å². The Morgan fingerprint density at radius 3 is 2.77 bits per heavy atom. The molecule has 3 aromatic rings. The standard InChI is InChI=1S/C22H28N6O2/c1-15-7-8-16-14-18(22(29)23-19(16)13-15)20(27-9-11-30-12-10-27)21-24-25-26-28(21)17-5-3-2-4-6-17/h7-8,13-14,17,20H,2-6,9-12H2,1H3,(H,23,29)/p+1/t20-/m1/s1. The molecule has 0 radical (unpaired) electrons. The summed E-state index contributed by atoms with van der Waals surface area (Å²) in [5.41, 5.74) is 2.67. The van der Waals surface area contributed by atoms with Gasteiger partial charge in [0.25, 0.3) is 5.56 Å². The number of aromatic amines is 1. The monoisotopic (exact) mass is 409 g/mol. The molecule has 1 saturated carbocycles. The first-order valence-electron chi connectivity index (χ1n) is 11.0. The Morgan fingerprint density at radius 2 is 1.97 bits per heavy atom. The number of tetrazole rings is 1. The molecule has 2 aliphatic rings. The van der Waals surface area contributed by atoms with Crippen molar-refractivity contribution >= 4 is 10.9 Å². The number of benzene rings is 1. The minimum Gasteiger partial charge on any atom is -0.370 e. The number of aryl methyl sites for hydroxylation is 1. The summed E-state index contributed by atoms with van der Waals surface area (Å²) in [6.07, 6.45) is 5.87. The fourth-order valence-corrected chi connectivity index (χ4v) is 4.99. The van der Waals surface area contributed by atoms with E-state index >= 15 is 0 Å². The van der Waals surface area contributed by atoms with Crippen molar-refractivity contribution in [2.45, 2.75) is 51.1 Å². The van der Waals surface area contributed by atoms with Crippen molar-refractivity contribution in [2.75, 3.05) is 26.3 Å². The van der Waals surface area contributed by atoms with Gasteiger partial charge in [0.2, 0.25) is 5.82 Å². The molecular formula is C22H29N6O2+. The quantitative estimate of drug-likeness (QED) is 0.679. The maximum absolute atomic E-state index is 13.2. The van der Waals surface area contributed by atoms with Crippen molar-refractivity contribution in [3.63, 3.8) is 0 Å². The molecule has 5 rings (SSSR count). The largest absolute Gasteiger partial charge is 0.370 e. The van der Waals surface area contributed by atoms with Gasteiger partial charge >= 0.3 is 0 Å². The summed E-state index contributed by atoms with van der Waals surface area (Å²) in [5, 5.41) is 13.9. The van der Waals surface area contributed by atoms with Gasteiger partial charge in [-0.15, -0.1) is 5.10 Å². The number of quaternary nitrogens is 1. The van der Waals surface area contributed by atoms with Crippen LogP contribution in [0.25, 0.3) is 10.9 Å². The van der Waals surface area contributed by atoms with Gasteiger partial charge in [0.15, 0.2) is 6.04 Å². The second-order valence-electron chi connectivity index (χ2n) is 8.62. The maximum Gasteiger partial charge on any atom is 0.258 e. The van der Waals surface area contributed by atoms with Gasteiger partial charge in [-0.2, -0.15) is 0 Å². The third-order valence-electron chi connectivity index (χ3n) is 6.58. The van der Waals surface area contributed by atoms with Crippen molar-refractivity contribution in [1.29, 1.82) is 0 Å². The average molecular weight is 410 g/mol.